The smallest absolute Gasteiger partial charge is 0.328 e. The van der Waals surface area contributed by atoms with E-state index in [-0.39, 0.29) is 33.5 Å². The molecule has 0 aliphatic heterocycles. The van der Waals surface area contributed by atoms with Crippen molar-refractivity contribution in [3.8, 4) is 5.75 Å². The molecule has 0 aliphatic rings. The second-order valence-electron chi connectivity index (χ2n) is 8.56. The third kappa shape index (κ3) is 8.36. The predicted octanol–water partition coefficient (Wildman–Crippen LogP) is 3.65. The van der Waals surface area contributed by atoms with Crippen LogP contribution in [0.15, 0.2) is 66.7 Å². The summed E-state index contributed by atoms with van der Waals surface area (Å²) in [6.07, 6.45) is 0. The lowest BCUT2D eigenvalue weighted by molar-refractivity contribution is -0.139. The van der Waals surface area contributed by atoms with E-state index in [2.05, 4.69) is 16.0 Å². The number of nitrogens with one attached hydrogen (secondary N) is 3. The Labute approximate surface area is 234 Å². The van der Waals surface area contributed by atoms with Gasteiger partial charge in [0.05, 0.1) is 22.2 Å². The van der Waals surface area contributed by atoms with Crippen molar-refractivity contribution < 1.29 is 29.4 Å². The number of aromatic hydroxyl groups is 1. The Morgan fingerprint density at radius 3 is 2.13 bits per heavy atom. The molecule has 39 heavy (non-hydrogen) atoms. The molecule has 12 heteroatoms. The molecule has 0 saturated heterocycles. The Morgan fingerprint density at radius 1 is 0.872 bits per heavy atom. The average molecular weight is 573 g/mol. The van der Waals surface area contributed by atoms with Gasteiger partial charge in [0.1, 0.15) is 11.8 Å². The van der Waals surface area contributed by atoms with Crippen LogP contribution in [0.3, 0.4) is 0 Å². The Kier molecular flexibility index (Phi) is 10.1. The first-order valence-corrected chi connectivity index (χ1v) is 12.4. The average Bonchev–Trinajstić information content (AvgIpc) is 2.89. The molecule has 0 saturated carbocycles. The third-order valence-electron chi connectivity index (χ3n) is 5.57. The molecule has 0 radical (unpaired) electrons. The van der Waals surface area contributed by atoms with E-state index in [9.17, 15) is 29.4 Å². The third-order valence-corrected chi connectivity index (χ3v) is 6.16. The van der Waals surface area contributed by atoms with E-state index in [1.165, 1.54) is 29.2 Å². The standard InChI is InChI=1S/C27H26Cl2N4O6/c1-33(15-16-6-3-2-4-7-16)27(39)31-14-22(26(37)38)32-25(36)23-20(28)11-18(12-21(23)29)24(35)30-13-17-8-5-9-19(34)10-17/h2-12,22,34H,13-15H2,1H3,(H,30,35)(H,31,39)(H,32,36)(H,37,38)/t22-/m0/s1. The summed E-state index contributed by atoms with van der Waals surface area (Å²) in [7, 11) is 1.55. The second kappa shape index (κ2) is 13.5. The molecule has 4 amide bonds. The van der Waals surface area contributed by atoms with Crippen LogP contribution in [-0.4, -0.2) is 58.6 Å². The highest BCUT2D eigenvalue weighted by atomic mass is 35.5. The number of hydrogen-bond donors (Lipinski definition) is 5. The fourth-order valence-electron chi connectivity index (χ4n) is 3.56. The molecule has 0 aliphatic carbocycles. The lowest BCUT2D eigenvalue weighted by Crippen LogP contribution is -2.50. The Hall–Kier alpha value is -4.28. The van der Waals surface area contributed by atoms with Gasteiger partial charge in [-0.3, -0.25) is 9.59 Å². The van der Waals surface area contributed by atoms with Crippen molar-refractivity contribution in [1.29, 1.82) is 0 Å². The molecule has 1 atom stereocenters. The number of halogens is 2. The molecule has 3 aromatic rings. The quantitative estimate of drug-likeness (QED) is 0.250. The highest BCUT2D eigenvalue weighted by molar-refractivity contribution is 6.40. The molecule has 204 valence electrons. The summed E-state index contributed by atoms with van der Waals surface area (Å²) in [5.41, 5.74) is 1.40. The summed E-state index contributed by atoms with van der Waals surface area (Å²) in [5, 5.41) is 26.2. The van der Waals surface area contributed by atoms with Gasteiger partial charge in [0.25, 0.3) is 11.8 Å². The molecule has 0 spiro atoms. The van der Waals surface area contributed by atoms with Gasteiger partial charge in [-0.25, -0.2) is 9.59 Å². The van der Waals surface area contributed by atoms with E-state index in [1.54, 1.807) is 19.2 Å². The van der Waals surface area contributed by atoms with E-state index < -0.39 is 36.4 Å². The molecular weight excluding hydrogens is 547 g/mol. The molecule has 3 aromatic carbocycles. The largest absolute Gasteiger partial charge is 0.508 e. The maximum atomic E-state index is 12.9. The lowest BCUT2D eigenvalue weighted by Gasteiger charge is -2.21. The number of hydrogen-bond acceptors (Lipinski definition) is 5. The summed E-state index contributed by atoms with van der Waals surface area (Å²) in [5.74, 6) is -2.75. The second-order valence-corrected chi connectivity index (χ2v) is 9.37. The molecule has 0 unspecified atom stereocenters. The number of amides is 4. The van der Waals surface area contributed by atoms with Crippen molar-refractivity contribution in [3.05, 3.63) is 99.0 Å². The highest BCUT2D eigenvalue weighted by Gasteiger charge is 2.25. The van der Waals surface area contributed by atoms with Crippen molar-refractivity contribution in [2.24, 2.45) is 0 Å². The van der Waals surface area contributed by atoms with Crippen molar-refractivity contribution in [2.45, 2.75) is 19.1 Å². The number of carbonyl (C=O) groups is 4. The molecule has 10 nitrogen and oxygen atoms in total. The van der Waals surface area contributed by atoms with E-state index in [4.69, 9.17) is 23.2 Å². The number of urea groups is 1. The minimum Gasteiger partial charge on any atom is -0.508 e. The predicted molar refractivity (Wildman–Crippen MR) is 146 cm³/mol. The minimum atomic E-state index is -1.48. The van der Waals surface area contributed by atoms with Crippen molar-refractivity contribution in [3.63, 3.8) is 0 Å². The van der Waals surface area contributed by atoms with Crippen molar-refractivity contribution in [2.75, 3.05) is 13.6 Å². The number of aliphatic carboxylic acids is 1. The topological polar surface area (TPSA) is 148 Å². The van der Waals surface area contributed by atoms with Crippen LogP contribution in [0, 0.1) is 0 Å². The highest BCUT2D eigenvalue weighted by Crippen LogP contribution is 2.27. The van der Waals surface area contributed by atoms with Gasteiger partial charge in [0, 0.05) is 25.7 Å². The molecule has 0 heterocycles. The number of benzene rings is 3. The van der Waals surface area contributed by atoms with Gasteiger partial charge in [0.15, 0.2) is 0 Å². The first-order chi connectivity index (χ1) is 18.5. The summed E-state index contributed by atoms with van der Waals surface area (Å²) in [4.78, 5) is 51.0. The number of carboxylic acid groups (broad SMARTS) is 1. The van der Waals surface area contributed by atoms with Gasteiger partial charge in [-0.2, -0.15) is 0 Å². The summed E-state index contributed by atoms with van der Waals surface area (Å²) < 4.78 is 0. The molecule has 5 N–H and O–H groups in total. The number of rotatable bonds is 10. The number of phenols is 1. The monoisotopic (exact) mass is 572 g/mol. The Morgan fingerprint density at radius 2 is 1.51 bits per heavy atom. The normalized spacial score (nSPS) is 11.3. The van der Waals surface area contributed by atoms with Gasteiger partial charge < -0.3 is 31.1 Å². The maximum Gasteiger partial charge on any atom is 0.328 e. The van der Waals surface area contributed by atoms with Gasteiger partial charge in [-0.05, 0) is 35.4 Å². The van der Waals surface area contributed by atoms with Crippen LogP contribution >= 0.6 is 23.2 Å². The van der Waals surface area contributed by atoms with Gasteiger partial charge in [-0.15, -0.1) is 0 Å². The summed E-state index contributed by atoms with van der Waals surface area (Å²) in [6.45, 7) is 0.0246. The fourth-order valence-corrected chi connectivity index (χ4v) is 4.21. The van der Waals surface area contributed by atoms with Crippen molar-refractivity contribution >= 4 is 47.0 Å². The fraction of sp³-hybridized carbons (Fsp3) is 0.185. The maximum absolute atomic E-state index is 12.9. The number of phenolic OH excluding ortho intramolecular Hbond substituents is 1. The van der Waals surface area contributed by atoms with E-state index in [1.807, 2.05) is 30.3 Å². The molecule has 3 rings (SSSR count). The van der Waals surface area contributed by atoms with Gasteiger partial charge in [0.2, 0.25) is 0 Å². The van der Waals surface area contributed by atoms with Crippen LogP contribution in [0.4, 0.5) is 4.79 Å². The molecule has 0 bridgehead atoms. The van der Waals surface area contributed by atoms with Crippen LogP contribution < -0.4 is 16.0 Å². The molecule has 0 aromatic heterocycles. The minimum absolute atomic E-state index is 0.0571. The number of carboxylic acids is 1. The zero-order valence-corrected chi connectivity index (χ0v) is 22.3. The lowest BCUT2D eigenvalue weighted by atomic mass is 10.1. The molecule has 0 fully saturated rings. The number of carbonyl (C=O) groups excluding carboxylic acids is 3. The Balaban J connectivity index is 1.61. The van der Waals surface area contributed by atoms with Crippen LogP contribution in [0.2, 0.25) is 10.0 Å². The van der Waals surface area contributed by atoms with Gasteiger partial charge >= 0.3 is 12.0 Å². The zero-order valence-electron chi connectivity index (χ0n) is 20.8. The first kappa shape index (κ1) is 29.3. The van der Waals surface area contributed by atoms with E-state index >= 15 is 0 Å². The van der Waals surface area contributed by atoms with Crippen LogP contribution in [0.5, 0.6) is 5.75 Å². The SMILES string of the molecule is CN(Cc1ccccc1)C(=O)NC[C@H](NC(=O)c1c(Cl)cc(C(=O)NCc2cccc(O)c2)cc1Cl)C(=O)O. The first-order valence-electron chi connectivity index (χ1n) is 11.7. The van der Waals surface area contributed by atoms with E-state index in [0.717, 1.165) is 5.56 Å². The molecular formula is C27H26Cl2N4O6. The van der Waals surface area contributed by atoms with Gasteiger partial charge in [-0.1, -0.05) is 65.7 Å². The van der Waals surface area contributed by atoms with Crippen LogP contribution in [-0.2, 0) is 17.9 Å². The number of nitrogens with zero attached hydrogens (tertiary/aromatic N) is 1. The van der Waals surface area contributed by atoms with Crippen LogP contribution in [0.1, 0.15) is 31.8 Å². The summed E-state index contributed by atoms with van der Waals surface area (Å²) >= 11 is 12.5. The zero-order chi connectivity index (χ0) is 28.5. The van der Waals surface area contributed by atoms with Crippen LogP contribution in [0.25, 0.3) is 0 Å². The summed E-state index contributed by atoms with van der Waals surface area (Å²) in [6, 6.07) is 16.0. The van der Waals surface area contributed by atoms with E-state index in [0.29, 0.717) is 12.1 Å². The van der Waals surface area contributed by atoms with Crippen molar-refractivity contribution in [1.82, 2.24) is 20.9 Å². The Bertz CT molecular complexity index is 1350.